The molecule has 0 bridgehead atoms. The third kappa shape index (κ3) is 5.43. The van der Waals surface area contributed by atoms with E-state index in [1.54, 1.807) is 0 Å². The van der Waals surface area contributed by atoms with Crippen molar-refractivity contribution in [3.8, 4) is 0 Å². The molecule has 2 rings (SSSR count). The van der Waals surface area contributed by atoms with Gasteiger partial charge in [-0.1, -0.05) is 89.0 Å². The molecule has 0 saturated carbocycles. The van der Waals surface area contributed by atoms with E-state index in [4.69, 9.17) is 11.5 Å². The van der Waals surface area contributed by atoms with Crippen LogP contribution in [0.4, 0.5) is 11.4 Å². The maximum atomic E-state index is 6.36. The second kappa shape index (κ2) is 10.2. The molecule has 0 aliphatic heterocycles. The highest BCUT2D eigenvalue weighted by atomic mass is 14.6. The van der Waals surface area contributed by atoms with Crippen LogP contribution in [0.1, 0.15) is 76.7 Å². The summed E-state index contributed by atoms with van der Waals surface area (Å²) in [7, 11) is 0. The predicted octanol–water partition coefficient (Wildman–Crippen LogP) is 6.47. The number of hydrogen-bond acceptors (Lipinski definition) is 2. The quantitative estimate of drug-likeness (QED) is 0.367. The molecule has 0 heterocycles. The van der Waals surface area contributed by atoms with Gasteiger partial charge in [0.25, 0.3) is 0 Å². The number of hydrogen-bond donors (Lipinski definition) is 2. The van der Waals surface area contributed by atoms with E-state index in [-0.39, 0.29) is 0 Å². The van der Waals surface area contributed by atoms with E-state index in [0.29, 0.717) is 0 Å². The molecule has 0 fully saturated rings. The van der Waals surface area contributed by atoms with E-state index in [0.717, 1.165) is 34.1 Å². The first-order valence-electron chi connectivity index (χ1n) is 9.79. The highest BCUT2D eigenvalue weighted by Gasteiger charge is 2.08. The van der Waals surface area contributed by atoms with Crippen LogP contribution >= 0.6 is 0 Å². The number of unbranched alkanes of at least 4 members (excludes halogenated alkanes) is 9. The lowest BCUT2D eigenvalue weighted by Crippen LogP contribution is -2.01. The van der Waals surface area contributed by atoms with Crippen molar-refractivity contribution in [2.45, 2.75) is 77.6 Å². The molecule has 2 aromatic carbocycles. The van der Waals surface area contributed by atoms with Crippen LogP contribution in [0, 0.1) is 0 Å². The molecule has 0 atom stereocenters. The highest BCUT2D eigenvalue weighted by molar-refractivity contribution is 5.97. The smallest absolute Gasteiger partial charge is 0.0446 e. The summed E-state index contributed by atoms with van der Waals surface area (Å²) >= 11 is 0. The van der Waals surface area contributed by atoms with Crippen LogP contribution in [-0.4, -0.2) is 0 Å². The van der Waals surface area contributed by atoms with Gasteiger partial charge in [0.15, 0.2) is 0 Å². The van der Waals surface area contributed by atoms with Gasteiger partial charge < -0.3 is 11.5 Å². The molecular weight excluding hydrogens is 292 g/mol. The van der Waals surface area contributed by atoms with Gasteiger partial charge in [-0.25, -0.2) is 0 Å². The maximum Gasteiger partial charge on any atom is 0.0446 e. The maximum absolute atomic E-state index is 6.36. The molecule has 2 aromatic rings. The van der Waals surface area contributed by atoms with Gasteiger partial charge in [0.2, 0.25) is 0 Å². The van der Waals surface area contributed by atoms with E-state index in [1.165, 1.54) is 64.2 Å². The van der Waals surface area contributed by atoms with Gasteiger partial charge in [0.1, 0.15) is 0 Å². The van der Waals surface area contributed by atoms with Gasteiger partial charge in [-0.15, -0.1) is 0 Å². The molecule has 0 aliphatic carbocycles. The molecule has 2 nitrogen and oxygen atoms in total. The second-order valence-corrected chi connectivity index (χ2v) is 7.01. The van der Waals surface area contributed by atoms with E-state index in [1.807, 2.05) is 12.1 Å². The van der Waals surface area contributed by atoms with Gasteiger partial charge in [0.05, 0.1) is 0 Å². The monoisotopic (exact) mass is 326 g/mol. The Bertz CT molecular complexity index is 619. The molecular formula is C22H34N2. The number of nitrogens with two attached hydrogens (primary N) is 2. The largest absolute Gasteiger partial charge is 0.398 e. The molecule has 0 saturated heterocycles. The summed E-state index contributed by atoms with van der Waals surface area (Å²) in [5.74, 6) is 0. The van der Waals surface area contributed by atoms with Crippen molar-refractivity contribution in [1.82, 2.24) is 0 Å². The van der Waals surface area contributed by atoms with E-state index in [2.05, 4.69) is 25.1 Å². The van der Waals surface area contributed by atoms with Crippen LogP contribution in [0.3, 0.4) is 0 Å². The van der Waals surface area contributed by atoms with Gasteiger partial charge in [-0.2, -0.15) is 0 Å². The van der Waals surface area contributed by atoms with Gasteiger partial charge in [-0.3, -0.25) is 0 Å². The Balaban J connectivity index is 1.70. The van der Waals surface area contributed by atoms with Crippen LogP contribution in [-0.2, 0) is 6.42 Å². The zero-order valence-corrected chi connectivity index (χ0v) is 15.3. The zero-order chi connectivity index (χ0) is 17.2. The lowest BCUT2D eigenvalue weighted by molar-refractivity contribution is 0.556. The Labute approximate surface area is 147 Å². The van der Waals surface area contributed by atoms with Crippen molar-refractivity contribution in [2.75, 3.05) is 11.5 Å². The van der Waals surface area contributed by atoms with E-state index in [9.17, 15) is 0 Å². The molecule has 132 valence electrons. The summed E-state index contributed by atoms with van der Waals surface area (Å²) in [4.78, 5) is 0. The molecule has 2 heteroatoms. The number of rotatable bonds is 11. The standard InChI is InChI=1S/C22H34N2/c1-2-3-4-5-6-7-8-9-10-11-16-20-21(23)17-18-14-12-13-15-19(18)22(20)24/h12-15,17H,2-11,16,23-24H2,1H3. The number of benzene rings is 2. The summed E-state index contributed by atoms with van der Waals surface area (Å²) in [6.45, 7) is 2.27. The Morgan fingerprint density at radius 1 is 0.750 bits per heavy atom. The predicted molar refractivity (Wildman–Crippen MR) is 108 cm³/mol. The van der Waals surface area contributed by atoms with Gasteiger partial charge in [-0.05, 0) is 29.9 Å². The first-order valence-corrected chi connectivity index (χ1v) is 9.79. The van der Waals surface area contributed by atoms with Crippen LogP contribution in [0.25, 0.3) is 10.8 Å². The molecule has 0 aliphatic rings. The third-order valence-corrected chi connectivity index (χ3v) is 5.02. The first-order chi connectivity index (χ1) is 11.7. The van der Waals surface area contributed by atoms with Crippen LogP contribution in [0.5, 0.6) is 0 Å². The van der Waals surface area contributed by atoms with Crippen molar-refractivity contribution in [1.29, 1.82) is 0 Å². The van der Waals surface area contributed by atoms with Crippen molar-refractivity contribution in [3.05, 3.63) is 35.9 Å². The zero-order valence-electron chi connectivity index (χ0n) is 15.3. The van der Waals surface area contributed by atoms with Crippen molar-refractivity contribution in [3.63, 3.8) is 0 Å². The fraction of sp³-hybridized carbons (Fsp3) is 0.545. The molecule has 0 radical (unpaired) electrons. The van der Waals surface area contributed by atoms with Crippen LogP contribution in [0.15, 0.2) is 30.3 Å². The number of anilines is 2. The SMILES string of the molecule is CCCCCCCCCCCCc1c(N)cc2ccccc2c1N. The summed E-state index contributed by atoms with van der Waals surface area (Å²) < 4.78 is 0. The summed E-state index contributed by atoms with van der Waals surface area (Å²) in [6, 6.07) is 10.3. The molecule has 0 unspecified atom stereocenters. The van der Waals surface area contributed by atoms with Gasteiger partial charge >= 0.3 is 0 Å². The molecule has 0 amide bonds. The fourth-order valence-corrected chi connectivity index (χ4v) is 3.51. The molecule has 4 N–H and O–H groups in total. The second-order valence-electron chi connectivity index (χ2n) is 7.01. The lowest BCUT2D eigenvalue weighted by atomic mass is 9.97. The Kier molecular flexibility index (Phi) is 7.94. The molecule has 0 spiro atoms. The van der Waals surface area contributed by atoms with Crippen molar-refractivity contribution in [2.24, 2.45) is 0 Å². The minimum Gasteiger partial charge on any atom is -0.398 e. The Hall–Kier alpha value is -1.70. The minimum absolute atomic E-state index is 0.849. The summed E-state index contributed by atoms with van der Waals surface area (Å²) in [6.07, 6.45) is 14.5. The Morgan fingerprint density at radius 2 is 1.33 bits per heavy atom. The average molecular weight is 327 g/mol. The number of nitrogen functional groups attached to an aromatic ring is 2. The first kappa shape index (κ1) is 18.6. The Morgan fingerprint density at radius 3 is 2.00 bits per heavy atom. The summed E-state index contributed by atoms with van der Waals surface area (Å²) in [5.41, 5.74) is 15.5. The van der Waals surface area contributed by atoms with Gasteiger partial charge in [0, 0.05) is 16.8 Å². The number of fused-ring (bicyclic) bond motifs is 1. The normalized spacial score (nSPS) is 11.2. The lowest BCUT2D eigenvalue weighted by Gasteiger charge is -2.12. The molecule has 0 aromatic heterocycles. The van der Waals surface area contributed by atoms with Crippen molar-refractivity contribution < 1.29 is 0 Å². The fourth-order valence-electron chi connectivity index (χ4n) is 3.51. The summed E-state index contributed by atoms with van der Waals surface area (Å²) in [5, 5.41) is 2.27. The molecule has 24 heavy (non-hydrogen) atoms. The van der Waals surface area contributed by atoms with Crippen molar-refractivity contribution >= 4 is 22.1 Å². The average Bonchev–Trinajstić information content (AvgIpc) is 2.59. The van der Waals surface area contributed by atoms with E-state index >= 15 is 0 Å². The van der Waals surface area contributed by atoms with E-state index < -0.39 is 0 Å². The van der Waals surface area contributed by atoms with Crippen LogP contribution < -0.4 is 11.5 Å². The highest BCUT2D eigenvalue weighted by Crippen LogP contribution is 2.31. The third-order valence-electron chi connectivity index (χ3n) is 5.02. The minimum atomic E-state index is 0.849. The van der Waals surface area contributed by atoms with Crippen LogP contribution in [0.2, 0.25) is 0 Å². The topological polar surface area (TPSA) is 52.0 Å².